The molecule has 1 N–H and O–H groups in total. The average molecular weight is 313 g/mol. The third kappa shape index (κ3) is 3.48. The number of nitrogens with zero attached hydrogens (tertiary/aromatic N) is 2. The van der Waals surface area contributed by atoms with Gasteiger partial charge in [-0.25, -0.2) is 4.98 Å². The molecule has 22 heavy (non-hydrogen) atoms. The van der Waals surface area contributed by atoms with Crippen LogP contribution in [0.25, 0.3) is 22.3 Å². The number of rotatable bonds is 6. The maximum atomic E-state index is 5.84. The van der Waals surface area contributed by atoms with Crippen LogP contribution in [0.1, 0.15) is 0 Å². The number of nitrogens with one attached hydrogen (secondary N) is 1. The number of imidazole rings is 1. The van der Waals surface area contributed by atoms with E-state index in [0.29, 0.717) is 6.73 Å². The molecule has 0 fully saturated rings. The summed E-state index contributed by atoms with van der Waals surface area (Å²) in [6.07, 6.45) is 5.76. The lowest BCUT2D eigenvalue weighted by Crippen LogP contribution is -2.22. The third-order valence-electron chi connectivity index (χ3n) is 3.76. The molecule has 0 unspecified atom stereocenters. The van der Waals surface area contributed by atoms with Crippen LogP contribution in [0.4, 0.5) is 0 Å². The highest BCUT2D eigenvalue weighted by Gasteiger charge is 2.12. The van der Waals surface area contributed by atoms with Gasteiger partial charge in [-0.3, -0.25) is 0 Å². The lowest BCUT2D eigenvalue weighted by molar-refractivity contribution is 0.0883. The predicted molar refractivity (Wildman–Crippen MR) is 93.6 cm³/mol. The molecule has 0 saturated carbocycles. The van der Waals surface area contributed by atoms with Crippen molar-refractivity contribution in [1.82, 2.24) is 14.5 Å². The van der Waals surface area contributed by atoms with E-state index in [0.717, 1.165) is 23.5 Å². The zero-order chi connectivity index (χ0) is 15.6. The lowest BCUT2D eigenvalue weighted by Gasteiger charge is -2.16. The Bertz CT molecular complexity index is 754. The SMILES string of the molecule is C[Si](C)(C)CCOCn1ccnc1-c1ccc2cc[nH]c2c1. The van der Waals surface area contributed by atoms with Crippen LogP contribution in [0.3, 0.4) is 0 Å². The zero-order valence-electron chi connectivity index (χ0n) is 13.5. The standard InChI is InChI=1S/C17H23N3OSi/c1-22(2,3)11-10-21-13-20-9-8-19-17(20)15-5-4-14-6-7-18-16(14)12-15/h4-9,12,18H,10-11,13H2,1-3H3. The van der Waals surface area contributed by atoms with Crippen molar-refractivity contribution in [3.63, 3.8) is 0 Å². The Balaban J connectivity index is 1.71. The number of hydrogen-bond donors (Lipinski definition) is 1. The van der Waals surface area contributed by atoms with Crippen LogP contribution in [-0.2, 0) is 11.5 Å². The monoisotopic (exact) mass is 313 g/mol. The normalized spacial score (nSPS) is 12.1. The summed E-state index contributed by atoms with van der Waals surface area (Å²) in [6.45, 7) is 8.48. The van der Waals surface area contributed by atoms with Gasteiger partial charge in [0.2, 0.25) is 0 Å². The van der Waals surface area contributed by atoms with Crippen molar-refractivity contribution in [3.8, 4) is 11.4 Å². The summed E-state index contributed by atoms with van der Waals surface area (Å²) >= 11 is 0. The molecule has 0 spiro atoms. The highest BCUT2D eigenvalue weighted by molar-refractivity contribution is 6.76. The highest BCUT2D eigenvalue weighted by atomic mass is 28.3. The van der Waals surface area contributed by atoms with Crippen molar-refractivity contribution in [1.29, 1.82) is 0 Å². The van der Waals surface area contributed by atoms with Crippen LogP contribution in [0, 0.1) is 0 Å². The summed E-state index contributed by atoms with van der Waals surface area (Å²) in [7, 11) is -1.03. The Kier molecular flexibility index (Phi) is 4.18. The largest absolute Gasteiger partial charge is 0.361 e. The fourth-order valence-electron chi connectivity index (χ4n) is 2.40. The van der Waals surface area contributed by atoms with Gasteiger partial charge in [0.05, 0.1) is 0 Å². The molecule has 116 valence electrons. The molecule has 2 heterocycles. The summed E-state index contributed by atoms with van der Waals surface area (Å²) in [5, 5.41) is 1.22. The number of aromatic amines is 1. The van der Waals surface area contributed by atoms with Gasteiger partial charge in [-0.05, 0) is 23.6 Å². The first-order valence-electron chi connectivity index (χ1n) is 7.69. The van der Waals surface area contributed by atoms with Crippen molar-refractivity contribution in [2.75, 3.05) is 6.61 Å². The smallest absolute Gasteiger partial charge is 0.141 e. The number of H-pyrrole nitrogens is 1. The molecule has 0 atom stereocenters. The topological polar surface area (TPSA) is 42.8 Å². The van der Waals surface area contributed by atoms with Crippen LogP contribution in [0.5, 0.6) is 0 Å². The summed E-state index contributed by atoms with van der Waals surface area (Å²) in [6, 6.07) is 9.62. The first-order chi connectivity index (χ1) is 10.5. The van der Waals surface area contributed by atoms with E-state index in [1.165, 1.54) is 11.4 Å². The molecule has 4 nitrogen and oxygen atoms in total. The van der Waals surface area contributed by atoms with Crippen LogP contribution >= 0.6 is 0 Å². The van der Waals surface area contributed by atoms with Crippen LogP contribution < -0.4 is 0 Å². The van der Waals surface area contributed by atoms with Gasteiger partial charge in [0.1, 0.15) is 12.6 Å². The fourth-order valence-corrected chi connectivity index (χ4v) is 3.16. The first kappa shape index (κ1) is 15.1. The van der Waals surface area contributed by atoms with Gasteiger partial charge in [0, 0.05) is 44.4 Å². The molecule has 0 bridgehead atoms. The van der Waals surface area contributed by atoms with Gasteiger partial charge in [0.15, 0.2) is 0 Å². The van der Waals surface area contributed by atoms with E-state index in [4.69, 9.17) is 4.74 Å². The molecular weight excluding hydrogens is 290 g/mol. The molecule has 1 aromatic carbocycles. The minimum atomic E-state index is -1.03. The summed E-state index contributed by atoms with van der Waals surface area (Å²) in [5.74, 6) is 0.949. The Morgan fingerprint density at radius 2 is 2.09 bits per heavy atom. The summed E-state index contributed by atoms with van der Waals surface area (Å²) < 4.78 is 7.90. The number of ether oxygens (including phenoxy) is 1. The van der Waals surface area contributed by atoms with Crippen LogP contribution in [-0.4, -0.2) is 29.2 Å². The second kappa shape index (κ2) is 6.10. The van der Waals surface area contributed by atoms with E-state index in [1.54, 1.807) is 0 Å². The molecular formula is C17H23N3OSi. The van der Waals surface area contributed by atoms with Crippen molar-refractivity contribution in [2.24, 2.45) is 0 Å². The van der Waals surface area contributed by atoms with Gasteiger partial charge in [0.25, 0.3) is 0 Å². The summed E-state index contributed by atoms with van der Waals surface area (Å²) in [5.41, 5.74) is 2.24. The van der Waals surface area contributed by atoms with Gasteiger partial charge in [-0.15, -0.1) is 0 Å². The molecule has 3 aromatic rings. The van der Waals surface area contributed by atoms with E-state index in [1.807, 2.05) is 18.6 Å². The van der Waals surface area contributed by atoms with E-state index in [2.05, 4.69) is 58.4 Å². The maximum absolute atomic E-state index is 5.84. The van der Waals surface area contributed by atoms with Crippen LogP contribution in [0.15, 0.2) is 42.9 Å². The molecule has 0 aliphatic rings. The minimum absolute atomic E-state index is 0.558. The van der Waals surface area contributed by atoms with E-state index < -0.39 is 8.07 Å². The minimum Gasteiger partial charge on any atom is -0.361 e. The van der Waals surface area contributed by atoms with Crippen molar-refractivity contribution in [3.05, 3.63) is 42.9 Å². The highest BCUT2D eigenvalue weighted by Crippen LogP contribution is 2.22. The molecule has 0 radical (unpaired) electrons. The third-order valence-corrected chi connectivity index (χ3v) is 5.46. The Morgan fingerprint density at radius 1 is 1.23 bits per heavy atom. The Hall–Kier alpha value is -1.85. The van der Waals surface area contributed by atoms with Gasteiger partial charge in [-0.1, -0.05) is 31.8 Å². The van der Waals surface area contributed by atoms with Gasteiger partial charge < -0.3 is 14.3 Å². The van der Waals surface area contributed by atoms with Gasteiger partial charge >= 0.3 is 0 Å². The second-order valence-electron chi connectivity index (χ2n) is 6.85. The molecule has 3 rings (SSSR count). The zero-order valence-corrected chi connectivity index (χ0v) is 14.5. The molecule has 0 aliphatic heterocycles. The van der Waals surface area contributed by atoms with E-state index >= 15 is 0 Å². The van der Waals surface area contributed by atoms with Crippen molar-refractivity contribution < 1.29 is 4.74 Å². The van der Waals surface area contributed by atoms with Crippen molar-refractivity contribution in [2.45, 2.75) is 32.4 Å². The first-order valence-corrected chi connectivity index (χ1v) is 11.4. The maximum Gasteiger partial charge on any atom is 0.141 e. The van der Waals surface area contributed by atoms with Crippen LogP contribution in [0.2, 0.25) is 25.7 Å². The quantitative estimate of drug-likeness (QED) is 0.543. The van der Waals surface area contributed by atoms with E-state index in [9.17, 15) is 0 Å². The number of fused-ring (bicyclic) bond motifs is 1. The predicted octanol–water partition coefficient (Wildman–Crippen LogP) is 4.34. The number of hydrogen-bond acceptors (Lipinski definition) is 2. The molecule has 0 saturated heterocycles. The molecule has 0 aliphatic carbocycles. The molecule has 5 heteroatoms. The van der Waals surface area contributed by atoms with Crippen molar-refractivity contribution >= 4 is 19.0 Å². The lowest BCUT2D eigenvalue weighted by atomic mass is 10.1. The average Bonchev–Trinajstić information content (AvgIpc) is 3.10. The molecule has 2 aromatic heterocycles. The molecule has 0 amide bonds. The van der Waals surface area contributed by atoms with E-state index in [-0.39, 0.29) is 0 Å². The second-order valence-corrected chi connectivity index (χ2v) is 12.5. The fraction of sp³-hybridized carbons (Fsp3) is 0.353. The Labute approximate surface area is 132 Å². The Morgan fingerprint density at radius 3 is 2.91 bits per heavy atom. The number of benzene rings is 1. The summed E-state index contributed by atoms with van der Waals surface area (Å²) in [4.78, 5) is 7.73. The number of aromatic nitrogens is 3. The van der Waals surface area contributed by atoms with Gasteiger partial charge in [-0.2, -0.15) is 0 Å².